The first-order valence-electron chi connectivity index (χ1n) is 9.29. The lowest BCUT2D eigenvalue weighted by Gasteiger charge is -2.09. The molecule has 4 rings (SSSR count). The predicted molar refractivity (Wildman–Crippen MR) is 114 cm³/mol. The van der Waals surface area contributed by atoms with Crippen LogP contribution in [0.25, 0.3) is 11.0 Å². The van der Waals surface area contributed by atoms with Gasteiger partial charge in [-0.2, -0.15) is 0 Å². The van der Waals surface area contributed by atoms with Gasteiger partial charge in [-0.3, -0.25) is 9.78 Å². The van der Waals surface area contributed by atoms with Crippen molar-refractivity contribution in [3.63, 3.8) is 0 Å². The van der Waals surface area contributed by atoms with Crippen LogP contribution in [0.3, 0.4) is 0 Å². The number of nitrogens with one attached hydrogen (secondary N) is 2. The lowest BCUT2D eigenvalue weighted by Crippen LogP contribution is -2.14. The van der Waals surface area contributed by atoms with Gasteiger partial charge in [0.2, 0.25) is 5.76 Å². The molecule has 7 heteroatoms. The van der Waals surface area contributed by atoms with E-state index in [9.17, 15) is 9.59 Å². The second-order valence-electron chi connectivity index (χ2n) is 6.58. The van der Waals surface area contributed by atoms with Gasteiger partial charge in [-0.05, 0) is 42.0 Å². The van der Waals surface area contributed by atoms with Gasteiger partial charge in [0.25, 0.3) is 5.91 Å². The summed E-state index contributed by atoms with van der Waals surface area (Å²) in [6, 6.07) is 20.2. The molecule has 1 amide bonds. The van der Waals surface area contributed by atoms with Crippen molar-refractivity contribution in [2.24, 2.45) is 0 Å². The van der Waals surface area contributed by atoms with Gasteiger partial charge in [-0.15, -0.1) is 0 Å². The monoisotopic (exact) mass is 401 g/mol. The molecular formula is C23H19N3O4. The Kier molecular flexibility index (Phi) is 5.43. The SMILES string of the molecule is COC(=O)c1cc2cc(NC(=O)c3cc(NCc4ccccc4)ccn3)ccc2o1. The summed E-state index contributed by atoms with van der Waals surface area (Å²) in [4.78, 5) is 28.4. The Morgan fingerprint density at radius 3 is 2.63 bits per heavy atom. The number of nitrogens with zero attached hydrogens (tertiary/aromatic N) is 1. The molecule has 0 saturated carbocycles. The fraction of sp³-hybridized carbons (Fsp3) is 0.0870. The summed E-state index contributed by atoms with van der Waals surface area (Å²) in [6.07, 6.45) is 1.59. The quantitative estimate of drug-likeness (QED) is 0.463. The van der Waals surface area contributed by atoms with Gasteiger partial charge in [-0.1, -0.05) is 30.3 Å². The summed E-state index contributed by atoms with van der Waals surface area (Å²) in [5.74, 6) is -0.787. The third kappa shape index (κ3) is 4.30. The Labute approximate surface area is 172 Å². The van der Waals surface area contributed by atoms with Crippen LogP contribution >= 0.6 is 0 Å². The van der Waals surface area contributed by atoms with Crippen molar-refractivity contribution < 1.29 is 18.7 Å². The van der Waals surface area contributed by atoms with Gasteiger partial charge >= 0.3 is 5.97 Å². The third-order valence-corrected chi connectivity index (χ3v) is 4.49. The van der Waals surface area contributed by atoms with Gasteiger partial charge in [0.05, 0.1) is 7.11 Å². The number of aromatic nitrogens is 1. The first-order chi connectivity index (χ1) is 14.6. The normalized spacial score (nSPS) is 10.6. The number of furan rings is 1. The average Bonchev–Trinajstić information content (AvgIpc) is 3.21. The summed E-state index contributed by atoms with van der Waals surface area (Å²) < 4.78 is 10.1. The first-order valence-corrected chi connectivity index (χ1v) is 9.29. The number of fused-ring (bicyclic) bond motifs is 1. The van der Waals surface area contributed by atoms with E-state index in [-0.39, 0.29) is 17.4 Å². The molecule has 30 heavy (non-hydrogen) atoms. The van der Waals surface area contributed by atoms with E-state index in [4.69, 9.17) is 4.42 Å². The van der Waals surface area contributed by atoms with Gasteiger partial charge in [-0.25, -0.2) is 4.79 Å². The number of hydrogen-bond donors (Lipinski definition) is 2. The number of anilines is 2. The summed E-state index contributed by atoms with van der Waals surface area (Å²) >= 11 is 0. The molecule has 0 spiro atoms. The zero-order valence-electron chi connectivity index (χ0n) is 16.2. The van der Waals surface area contributed by atoms with Crippen LogP contribution in [0.2, 0.25) is 0 Å². The maximum atomic E-state index is 12.6. The zero-order chi connectivity index (χ0) is 20.9. The molecule has 150 valence electrons. The number of rotatable bonds is 6. The number of pyridine rings is 1. The molecular weight excluding hydrogens is 382 g/mol. The Bertz CT molecular complexity index is 1200. The number of carbonyl (C=O) groups excluding carboxylic acids is 2. The summed E-state index contributed by atoms with van der Waals surface area (Å²) in [7, 11) is 1.29. The van der Waals surface area contributed by atoms with Gasteiger partial charge in [0.15, 0.2) is 0 Å². The van der Waals surface area contributed by atoms with E-state index in [0.29, 0.717) is 23.2 Å². The summed E-state index contributed by atoms with van der Waals surface area (Å²) in [5, 5.41) is 6.78. The maximum absolute atomic E-state index is 12.6. The van der Waals surface area contributed by atoms with Gasteiger partial charge < -0.3 is 19.8 Å². The van der Waals surface area contributed by atoms with Crippen molar-refractivity contribution in [3.05, 3.63) is 89.9 Å². The van der Waals surface area contributed by atoms with E-state index >= 15 is 0 Å². The number of hydrogen-bond acceptors (Lipinski definition) is 6. The molecule has 0 bridgehead atoms. The van der Waals surface area contributed by atoms with Gasteiger partial charge in [0, 0.05) is 29.5 Å². The van der Waals surface area contributed by atoms with E-state index in [1.165, 1.54) is 7.11 Å². The molecule has 0 atom stereocenters. The van der Waals surface area contributed by atoms with Crippen LogP contribution < -0.4 is 10.6 Å². The van der Waals surface area contributed by atoms with Crippen LogP contribution in [0.1, 0.15) is 26.6 Å². The molecule has 4 aromatic rings. The predicted octanol–water partition coefficient (Wildman–Crippen LogP) is 4.48. The van der Waals surface area contributed by atoms with E-state index < -0.39 is 5.97 Å². The Balaban J connectivity index is 1.46. The van der Waals surface area contributed by atoms with Gasteiger partial charge in [0.1, 0.15) is 11.3 Å². The Morgan fingerprint density at radius 1 is 1.00 bits per heavy atom. The first kappa shape index (κ1) is 19.2. The van der Waals surface area contributed by atoms with Crippen molar-refractivity contribution in [1.82, 2.24) is 4.98 Å². The van der Waals surface area contributed by atoms with E-state index in [0.717, 1.165) is 11.3 Å². The fourth-order valence-electron chi connectivity index (χ4n) is 2.98. The molecule has 0 fully saturated rings. The van der Waals surface area contributed by atoms with Crippen LogP contribution in [-0.2, 0) is 11.3 Å². The highest BCUT2D eigenvalue weighted by Gasteiger charge is 2.14. The molecule has 0 unspecified atom stereocenters. The minimum atomic E-state index is -0.555. The largest absolute Gasteiger partial charge is 0.463 e. The van der Waals surface area contributed by atoms with Crippen molar-refractivity contribution in [1.29, 1.82) is 0 Å². The van der Waals surface area contributed by atoms with Crippen molar-refractivity contribution >= 4 is 34.2 Å². The summed E-state index contributed by atoms with van der Waals surface area (Å²) in [5.41, 5.74) is 3.32. The Morgan fingerprint density at radius 2 is 1.83 bits per heavy atom. The smallest absolute Gasteiger partial charge is 0.373 e. The lowest BCUT2D eigenvalue weighted by molar-refractivity contribution is 0.0567. The van der Waals surface area contributed by atoms with Crippen molar-refractivity contribution in [2.75, 3.05) is 17.7 Å². The summed E-state index contributed by atoms with van der Waals surface area (Å²) in [6.45, 7) is 0.644. The van der Waals surface area contributed by atoms with Crippen LogP contribution in [0, 0.1) is 0 Å². The second kappa shape index (κ2) is 8.48. The minimum absolute atomic E-state index is 0.106. The topological polar surface area (TPSA) is 93.5 Å². The highest BCUT2D eigenvalue weighted by Crippen LogP contribution is 2.24. The number of carbonyl (C=O) groups is 2. The highest BCUT2D eigenvalue weighted by molar-refractivity contribution is 6.04. The van der Waals surface area contributed by atoms with Crippen LogP contribution in [0.15, 0.2) is 77.3 Å². The van der Waals surface area contributed by atoms with Crippen LogP contribution in [-0.4, -0.2) is 24.0 Å². The number of methoxy groups -OCH3 is 1. The molecule has 0 aliphatic rings. The average molecular weight is 401 g/mol. The molecule has 2 heterocycles. The minimum Gasteiger partial charge on any atom is -0.463 e. The zero-order valence-corrected chi connectivity index (χ0v) is 16.2. The van der Waals surface area contributed by atoms with E-state index in [1.807, 2.05) is 36.4 Å². The molecule has 0 aliphatic carbocycles. The van der Waals surface area contributed by atoms with Crippen molar-refractivity contribution in [3.8, 4) is 0 Å². The standard InChI is InChI=1S/C23H19N3O4/c1-29-23(28)21-12-16-11-18(7-8-20(16)30-21)26-22(27)19-13-17(9-10-24-19)25-14-15-5-3-2-4-6-15/h2-13H,14H2,1H3,(H,24,25)(H,26,27). The van der Waals surface area contributed by atoms with Crippen LogP contribution in [0.5, 0.6) is 0 Å². The third-order valence-electron chi connectivity index (χ3n) is 4.49. The molecule has 2 aromatic heterocycles. The maximum Gasteiger partial charge on any atom is 0.373 e. The molecule has 0 aliphatic heterocycles. The highest BCUT2D eigenvalue weighted by atomic mass is 16.5. The Hall–Kier alpha value is -4.13. The number of esters is 1. The fourth-order valence-corrected chi connectivity index (χ4v) is 2.98. The van der Waals surface area contributed by atoms with E-state index in [1.54, 1.807) is 36.5 Å². The number of ether oxygens (including phenoxy) is 1. The molecule has 0 radical (unpaired) electrons. The molecule has 2 aromatic carbocycles. The number of amides is 1. The van der Waals surface area contributed by atoms with Crippen molar-refractivity contribution in [2.45, 2.75) is 6.54 Å². The van der Waals surface area contributed by atoms with Crippen LogP contribution in [0.4, 0.5) is 11.4 Å². The van der Waals surface area contributed by atoms with E-state index in [2.05, 4.69) is 20.4 Å². The molecule has 0 saturated heterocycles. The second-order valence-corrected chi connectivity index (χ2v) is 6.58. The molecule has 7 nitrogen and oxygen atoms in total. The lowest BCUT2D eigenvalue weighted by atomic mass is 10.2. The number of benzene rings is 2. The molecule has 2 N–H and O–H groups in total.